The van der Waals surface area contributed by atoms with Crippen LogP contribution in [-0.4, -0.2) is 51.3 Å². The number of hydrogen-bond acceptors (Lipinski definition) is 3. The Balaban J connectivity index is 2.53. The first-order valence-electron chi connectivity index (χ1n) is 7.95. The Morgan fingerprint density at radius 2 is 2.05 bits per heavy atom. The van der Waals surface area contributed by atoms with Crippen molar-refractivity contribution in [3.63, 3.8) is 0 Å². The average molecular weight is 270 g/mol. The van der Waals surface area contributed by atoms with Crippen molar-refractivity contribution in [2.75, 3.05) is 40.4 Å². The van der Waals surface area contributed by atoms with Gasteiger partial charge in [0.25, 0.3) is 0 Å². The van der Waals surface area contributed by atoms with E-state index in [2.05, 4.69) is 38.0 Å². The molecular weight excluding hydrogens is 236 g/mol. The van der Waals surface area contributed by atoms with Crippen molar-refractivity contribution in [1.82, 2.24) is 10.2 Å². The van der Waals surface area contributed by atoms with Gasteiger partial charge in [-0.05, 0) is 44.1 Å². The molecule has 1 aliphatic carbocycles. The maximum absolute atomic E-state index is 5.26. The van der Waals surface area contributed by atoms with Crippen LogP contribution >= 0.6 is 0 Å². The van der Waals surface area contributed by atoms with Crippen molar-refractivity contribution in [3.8, 4) is 0 Å². The largest absolute Gasteiger partial charge is 0.383 e. The molecule has 0 aromatic heterocycles. The third-order valence-corrected chi connectivity index (χ3v) is 4.34. The fourth-order valence-corrected chi connectivity index (χ4v) is 3.41. The van der Waals surface area contributed by atoms with Crippen molar-refractivity contribution >= 4 is 0 Å². The first-order chi connectivity index (χ1) is 9.06. The van der Waals surface area contributed by atoms with Crippen LogP contribution in [0.3, 0.4) is 0 Å². The SMILES string of the molecule is CNC1CCC(C)CC1CN(CCOC)CC(C)C. The second kappa shape index (κ2) is 8.93. The number of methoxy groups -OCH3 is 1. The third-order valence-electron chi connectivity index (χ3n) is 4.34. The smallest absolute Gasteiger partial charge is 0.0589 e. The van der Waals surface area contributed by atoms with Crippen molar-refractivity contribution < 1.29 is 4.74 Å². The molecule has 0 aromatic rings. The van der Waals surface area contributed by atoms with Crippen LogP contribution in [0.15, 0.2) is 0 Å². The van der Waals surface area contributed by atoms with E-state index in [1.807, 2.05) is 0 Å². The summed E-state index contributed by atoms with van der Waals surface area (Å²) < 4.78 is 5.26. The minimum absolute atomic E-state index is 0.702. The van der Waals surface area contributed by atoms with E-state index in [0.29, 0.717) is 6.04 Å². The van der Waals surface area contributed by atoms with Gasteiger partial charge < -0.3 is 15.0 Å². The summed E-state index contributed by atoms with van der Waals surface area (Å²) in [5, 5.41) is 3.53. The first kappa shape index (κ1) is 16.9. The van der Waals surface area contributed by atoms with Crippen LogP contribution in [0.5, 0.6) is 0 Å². The molecule has 1 rings (SSSR count). The predicted molar refractivity (Wildman–Crippen MR) is 82.5 cm³/mol. The van der Waals surface area contributed by atoms with Gasteiger partial charge in [0.2, 0.25) is 0 Å². The van der Waals surface area contributed by atoms with E-state index < -0.39 is 0 Å². The van der Waals surface area contributed by atoms with E-state index >= 15 is 0 Å². The Morgan fingerprint density at radius 1 is 1.32 bits per heavy atom. The number of rotatable bonds is 8. The molecule has 3 unspecified atom stereocenters. The molecule has 3 nitrogen and oxygen atoms in total. The molecule has 0 saturated heterocycles. The minimum Gasteiger partial charge on any atom is -0.383 e. The molecule has 3 heteroatoms. The van der Waals surface area contributed by atoms with Gasteiger partial charge in [-0.1, -0.05) is 20.8 Å². The minimum atomic E-state index is 0.702. The van der Waals surface area contributed by atoms with Gasteiger partial charge in [-0.25, -0.2) is 0 Å². The summed E-state index contributed by atoms with van der Waals surface area (Å²) >= 11 is 0. The second-order valence-electron chi connectivity index (χ2n) is 6.72. The average Bonchev–Trinajstić information content (AvgIpc) is 2.35. The lowest BCUT2D eigenvalue weighted by molar-refractivity contribution is 0.103. The zero-order valence-electron chi connectivity index (χ0n) is 13.6. The topological polar surface area (TPSA) is 24.5 Å². The zero-order chi connectivity index (χ0) is 14.3. The van der Waals surface area contributed by atoms with Gasteiger partial charge in [0.15, 0.2) is 0 Å². The molecule has 0 amide bonds. The lowest BCUT2D eigenvalue weighted by Gasteiger charge is -2.38. The zero-order valence-corrected chi connectivity index (χ0v) is 13.6. The van der Waals surface area contributed by atoms with E-state index in [0.717, 1.165) is 30.9 Å². The maximum Gasteiger partial charge on any atom is 0.0589 e. The van der Waals surface area contributed by atoms with Crippen molar-refractivity contribution in [2.24, 2.45) is 17.8 Å². The van der Waals surface area contributed by atoms with Gasteiger partial charge in [0.1, 0.15) is 0 Å². The molecule has 1 saturated carbocycles. The van der Waals surface area contributed by atoms with Crippen LogP contribution in [0, 0.1) is 17.8 Å². The van der Waals surface area contributed by atoms with E-state index in [1.165, 1.54) is 32.4 Å². The highest BCUT2D eigenvalue weighted by Crippen LogP contribution is 2.29. The molecule has 1 N–H and O–H groups in total. The predicted octanol–water partition coefficient (Wildman–Crippen LogP) is 2.62. The van der Waals surface area contributed by atoms with Crippen LogP contribution in [0.25, 0.3) is 0 Å². The van der Waals surface area contributed by atoms with Crippen molar-refractivity contribution in [2.45, 2.75) is 46.1 Å². The van der Waals surface area contributed by atoms with Crippen LogP contribution in [0.2, 0.25) is 0 Å². The fourth-order valence-electron chi connectivity index (χ4n) is 3.41. The van der Waals surface area contributed by atoms with Gasteiger partial charge in [0.05, 0.1) is 6.61 Å². The van der Waals surface area contributed by atoms with Gasteiger partial charge in [-0.3, -0.25) is 0 Å². The Bertz CT molecular complexity index is 233. The number of ether oxygens (including phenoxy) is 1. The molecule has 0 aliphatic heterocycles. The summed E-state index contributed by atoms with van der Waals surface area (Å²) in [6, 6.07) is 0.702. The molecule has 114 valence electrons. The molecule has 0 aromatic carbocycles. The molecule has 3 atom stereocenters. The van der Waals surface area contributed by atoms with Gasteiger partial charge >= 0.3 is 0 Å². The summed E-state index contributed by atoms with van der Waals surface area (Å²) in [6.07, 6.45) is 4.08. The maximum atomic E-state index is 5.26. The summed E-state index contributed by atoms with van der Waals surface area (Å²) in [6.45, 7) is 11.3. The molecular formula is C16H34N2O. The Hall–Kier alpha value is -0.120. The van der Waals surface area contributed by atoms with E-state index in [4.69, 9.17) is 4.74 Å². The highest BCUT2D eigenvalue weighted by atomic mass is 16.5. The standard InChI is InChI=1S/C16H34N2O/c1-13(2)11-18(8-9-19-5)12-15-10-14(3)6-7-16(15)17-4/h13-17H,6-12H2,1-5H3. The molecule has 0 heterocycles. The molecule has 19 heavy (non-hydrogen) atoms. The first-order valence-corrected chi connectivity index (χ1v) is 7.95. The summed E-state index contributed by atoms with van der Waals surface area (Å²) in [5.74, 6) is 2.41. The van der Waals surface area contributed by atoms with E-state index in [1.54, 1.807) is 7.11 Å². The number of hydrogen-bond donors (Lipinski definition) is 1. The van der Waals surface area contributed by atoms with E-state index in [9.17, 15) is 0 Å². The van der Waals surface area contributed by atoms with E-state index in [-0.39, 0.29) is 0 Å². The lowest BCUT2D eigenvalue weighted by Crippen LogP contribution is -2.45. The van der Waals surface area contributed by atoms with Crippen LogP contribution in [0.1, 0.15) is 40.0 Å². The summed E-state index contributed by atoms with van der Waals surface area (Å²) in [4.78, 5) is 2.60. The lowest BCUT2D eigenvalue weighted by atomic mass is 9.78. The Labute approximate surface area is 120 Å². The quantitative estimate of drug-likeness (QED) is 0.734. The molecule has 1 aliphatic rings. The summed E-state index contributed by atoms with van der Waals surface area (Å²) in [7, 11) is 3.92. The van der Waals surface area contributed by atoms with Gasteiger partial charge in [0, 0.05) is 32.8 Å². The molecule has 0 spiro atoms. The van der Waals surface area contributed by atoms with Crippen molar-refractivity contribution in [1.29, 1.82) is 0 Å². The number of nitrogens with zero attached hydrogens (tertiary/aromatic N) is 1. The molecule has 0 radical (unpaired) electrons. The summed E-state index contributed by atoms with van der Waals surface area (Å²) in [5.41, 5.74) is 0. The van der Waals surface area contributed by atoms with Crippen LogP contribution in [-0.2, 0) is 4.74 Å². The Kier molecular flexibility index (Phi) is 7.96. The second-order valence-corrected chi connectivity index (χ2v) is 6.72. The van der Waals surface area contributed by atoms with Crippen LogP contribution < -0.4 is 5.32 Å². The normalized spacial score (nSPS) is 28.3. The molecule has 0 bridgehead atoms. The molecule has 1 fully saturated rings. The van der Waals surface area contributed by atoms with Crippen molar-refractivity contribution in [3.05, 3.63) is 0 Å². The highest BCUT2D eigenvalue weighted by molar-refractivity contribution is 4.85. The van der Waals surface area contributed by atoms with Gasteiger partial charge in [-0.2, -0.15) is 0 Å². The fraction of sp³-hybridized carbons (Fsp3) is 1.00. The highest BCUT2D eigenvalue weighted by Gasteiger charge is 2.29. The third kappa shape index (κ3) is 6.24. The monoisotopic (exact) mass is 270 g/mol. The van der Waals surface area contributed by atoms with Gasteiger partial charge in [-0.15, -0.1) is 0 Å². The Morgan fingerprint density at radius 3 is 2.63 bits per heavy atom. The number of nitrogens with one attached hydrogen (secondary N) is 1. The van der Waals surface area contributed by atoms with Crippen LogP contribution in [0.4, 0.5) is 0 Å².